The van der Waals surface area contributed by atoms with Gasteiger partial charge >= 0.3 is 6.61 Å². The van der Waals surface area contributed by atoms with Crippen molar-refractivity contribution in [3.63, 3.8) is 0 Å². The van der Waals surface area contributed by atoms with Crippen molar-refractivity contribution in [1.82, 2.24) is 14.8 Å². The van der Waals surface area contributed by atoms with Gasteiger partial charge in [0.1, 0.15) is 0 Å². The van der Waals surface area contributed by atoms with E-state index in [2.05, 4.69) is 19.5 Å². The molecule has 0 aliphatic rings. The number of anilines is 1. The first-order chi connectivity index (χ1) is 11.8. The number of rotatable bonds is 5. The summed E-state index contributed by atoms with van der Waals surface area (Å²) in [6, 6.07) is 3.81. The molecule has 0 atom stereocenters. The Balaban J connectivity index is 1.95. The zero-order valence-electron chi connectivity index (χ0n) is 12.6. The molecule has 7 nitrogen and oxygen atoms in total. The second kappa shape index (κ2) is 6.24. The molecule has 0 amide bonds. The van der Waals surface area contributed by atoms with Crippen LogP contribution in [0.5, 0.6) is 5.75 Å². The Kier molecular flexibility index (Phi) is 4.25. The van der Waals surface area contributed by atoms with Crippen LogP contribution in [0.25, 0.3) is 11.0 Å². The average Bonchev–Trinajstić information content (AvgIpc) is 2.91. The van der Waals surface area contributed by atoms with Crippen molar-refractivity contribution in [2.75, 3.05) is 4.72 Å². The second-order valence-corrected chi connectivity index (χ2v) is 6.62. The number of nitrogens with zero attached hydrogens (tertiary/aromatic N) is 3. The quantitative estimate of drug-likeness (QED) is 0.744. The van der Waals surface area contributed by atoms with E-state index in [0.717, 1.165) is 12.1 Å². The smallest absolute Gasteiger partial charge is 0.387 e. The van der Waals surface area contributed by atoms with Crippen LogP contribution in [0.4, 0.5) is 18.9 Å². The molecule has 0 saturated carbocycles. The molecular formula is C14H11F3N4O3S. The Labute approximate surface area is 140 Å². The van der Waals surface area contributed by atoms with Gasteiger partial charge in [0.2, 0.25) is 0 Å². The Morgan fingerprint density at radius 2 is 2.04 bits per heavy atom. The van der Waals surface area contributed by atoms with Crippen molar-refractivity contribution in [3.8, 4) is 5.75 Å². The van der Waals surface area contributed by atoms with Crippen molar-refractivity contribution in [2.24, 2.45) is 7.05 Å². The van der Waals surface area contributed by atoms with Gasteiger partial charge in [0, 0.05) is 13.2 Å². The highest BCUT2D eigenvalue weighted by atomic mass is 32.2. The largest absolute Gasteiger partial charge is 0.432 e. The van der Waals surface area contributed by atoms with E-state index >= 15 is 0 Å². The lowest BCUT2D eigenvalue weighted by Gasteiger charge is -2.10. The highest BCUT2D eigenvalue weighted by molar-refractivity contribution is 7.92. The number of benzene rings is 1. The Morgan fingerprint density at radius 1 is 1.28 bits per heavy atom. The van der Waals surface area contributed by atoms with Gasteiger partial charge in [0.25, 0.3) is 10.0 Å². The summed E-state index contributed by atoms with van der Waals surface area (Å²) in [7, 11) is -2.52. The zero-order valence-corrected chi connectivity index (χ0v) is 13.5. The van der Waals surface area contributed by atoms with E-state index in [-0.39, 0.29) is 5.69 Å². The molecule has 1 N–H and O–H groups in total. The predicted octanol–water partition coefficient (Wildman–Crippen LogP) is 2.51. The maximum Gasteiger partial charge on any atom is 0.387 e. The molecule has 0 radical (unpaired) electrons. The first kappa shape index (κ1) is 17.0. The van der Waals surface area contributed by atoms with Crippen LogP contribution in [0.3, 0.4) is 0 Å². The topological polar surface area (TPSA) is 86.1 Å². The molecule has 0 spiro atoms. The summed E-state index contributed by atoms with van der Waals surface area (Å²) in [6.45, 7) is -3.22. The molecule has 132 valence electrons. The Hall–Kier alpha value is -2.82. The number of fused-ring (bicyclic) bond motifs is 1. The van der Waals surface area contributed by atoms with Gasteiger partial charge in [-0.05, 0) is 24.3 Å². The molecule has 1 aromatic carbocycles. The van der Waals surface area contributed by atoms with E-state index < -0.39 is 33.1 Å². The summed E-state index contributed by atoms with van der Waals surface area (Å²) < 4.78 is 70.6. The van der Waals surface area contributed by atoms with Gasteiger partial charge in [-0.25, -0.2) is 17.8 Å². The molecule has 11 heteroatoms. The van der Waals surface area contributed by atoms with Gasteiger partial charge in [-0.15, -0.1) is 0 Å². The van der Waals surface area contributed by atoms with Gasteiger partial charge in [0.05, 0.1) is 22.2 Å². The van der Waals surface area contributed by atoms with E-state index in [4.69, 9.17) is 0 Å². The molecule has 0 bridgehead atoms. The van der Waals surface area contributed by atoms with E-state index in [0.29, 0.717) is 17.1 Å². The van der Waals surface area contributed by atoms with Crippen molar-refractivity contribution in [1.29, 1.82) is 0 Å². The van der Waals surface area contributed by atoms with E-state index in [1.807, 2.05) is 0 Å². The van der Waals surface area contributed by atoms with Gasteiger partial charge in [0.15, 0.2) is 17.2 Å². The summed E-state index contributed by atoms with van der Waals surface area (Å²) in [5.41, 5.74) is 0.651. The van der Waals surface area contributed by atoms with Crippen molar-refractivity contribution >= 4 is 26.7 Å². The normalized spacial score (nSPS) is 11.9. The molecule has 3 rings (SSSR count). The minimum Gasteiger partial charge on any atom is -0.432 e. The molecule has 2 heterocycles. The summed E-state index contributed by atoms with van der Waals surface area (Å²) in [6.07, 6.45) is 2.82. The summed E-state index contributed by atoms with van der Waals surface area (Å²) in [4.78, 5) is 3.63. The highest BCUT2D eigenvalue weighted by Crippen LogP contribution is 2.26. The van der Waals surface area contributed by atoms with Crippen molar-refractivity contribution in [2.45, 2.75) is 11.5 Å². The molecule has 2 aromatic heterocycles. The number of alkyl halides is 2. The van der Waals surface area contributed by atoms with Crippen LogP contribution in [0.15, 0.2) is 41.6 Å². The van der Waals surface area contributed by atoms with Crippen LogP contribution in [-0.4, -0.2) is 29.8 Å². The number of hydrogen-bond donors (Lipinski definition) is 1. The summed E-state index contributed by atoms with van der Waals surface area (Å²) >= 11 is 0. The minimum atomic E-state index is -4.16. The number of halogens is 3. The van der Waals surface area contributed by atoms with E-state index in [1.165, 1.54) is 23.1 Å². The predicted molar refractivity (Wildman–Crippen MR) is 82.3 cm³/mol. The van der Waals surface area contributed by atoms with Crippen LogP contribution in [0.1, 0.15) is 0 Å². The summed E-state index contributed by atoms with van der Waals surface area (Å²) in [5, 5.41) is 4.43. The third kappa shape index (κ3) is 3.36. The number of pyridine rings is 1. The highest BCUT2D eigenvalue weighted by Gasteiger charge is 2.20. The zero-order chi connectivity index (χ0) is 18.2. The number of hydrogen-bond acceptors (Lipinski definition) is 5. The standard InChI is InChI=1S/C14H11F3N4O3S/c1-21-13-9(7-19-21)11(4-5-18-13)20-25(22,23)8-2-3-12(10(15)6-8)24-14(16)17/h2-7,14H,1H3,(H,18,20). The third-order valence-corrected chi connectivity index (χ3v) is 4.67. The Bertz CT molecular complexity index is 1040. The van der Waals surface area contributed by atoms with Crippen molar-refractivity contribution in [3.05, 3.63) is 42.5 Å². The van der Waals surface area contributed by atoms with Crippen LogP contribution in [-0.2, 0) is 17.1 Å². The van der Waals surface area contributed by atoms with E-state index in [1.54, 1.807) is 7.05 Å². The van der Waals surface area contributed by atoms with Crippen LogP contribution in [0.2, 0.25) is 0 Å². The Morgan fingerprint density at radius 3 is 2.72 bits per heavy atom. The lowest BCUT2D eigenvalue weighted by molar-refractivity contribution is -0.0522. The number of nitrogens with one attached hydrogen (secondary N) is 1. The van der Waals surface area contributed by atoms with Gasteiger partial charge in [-0.2, -0.15) is 13.9 Å². The lowest BCUT2D eigenvalue weighted by atomic mass is 10.3. The molecule has 0 aliphatic carbocycles. The fourth-order valence-corrected chi connectivity index (χ4v) is 3.27. The minimum absolute atomic E-state index is 0.200. The molecule has 0 aliphatic heterocycles. The molecule has 25 heavy (non-hydrogen) atoms. The fraction of sp³-hybridized carbons (Fsp3) is 0.143. The van der Waals surface area contributed by atoms with Crippen LogP contribution >= 0.6 is 0 Å². The van der Waals surface area contributed by atoms with Gasteiger partial charge < -0.3 is 4.74 Å². The van der Waals surface area contributed by atoms with E-state index in [9.17, 15) is 21.6 Å². The molecule has 3 aromatic rings. The molecule has 0 saturated heterocycles. The number of sulfonamides is 1. The third-order valence-electron chi connectivity index (χ3n) is 3.31. The number of ether oxygens (including phenoxy) is 1. The average molecular weight is 372 g/mol. The van der Waals surface area contributed by atoms with Gasteiger partial charge in [-0.3, -0.25) is 9.40 Å². The van der Waals surface area contributed by atoms with Crippen molar-refractivity contribution < 1.29 is 26.3 Å². The van der Waals surface area contributed by atoms with Crippen LogP contribution in [0, 0.1) is 5.82 Å². The SMILES string of the molecule is Cn1ncc2c(NS(=O)(=O)c3ccc(OC(F)F)c(F)c3)ccnc21. The molecule has 0 fully saturated rings. The maximum absolute atomic E-state index is 13.8. The lowest BCUT2D eigenvalue weighted by Crippen LogP contribution is -2.14. The molecular weight excluding hydrogens is 361 g/mol. The number of aromatic nitrogens is 3. The fourth-order valence-electron chi connectivity index (χ4n) is 2.18. The molecule has 0 unspecified atom stereocenters. The first-order valence-electron chi connectivity index (χ1n) is 6.82. The second-order valence-electron chi connectivity index (χ2n) is 4.94. The number of aryl methyl sites for hydroxylation is 1. The van der Waals surface area contributed by atoms with Gasteiger partial charge in [-0.1, -0.05) is 0 Å². The maximum atomic E-state index is 13.8. The summed E-state index contributed by atoms with van der Waals surface area (Å²) in [5.74, 6) is -1.96. The first-order valence-corrected chi connectivity index (χ1v) is 8.30. The van der Waals surface area contributed by atoms with Crippen LogP contribution < -0.4 is 9.46 Å². The monoisotopic (exact) mass is 372 g/mol.